The summed E-state index contributed by atoms with van der Waals surface area (Å²) >= 11 is 0. The van der Waals surface area contributed by atoms with E-state index in [1.807, 2.05) is 0 Å². The average Bonchev–Trinajstić information content (AvgIpc) is 2.94. The largest absolute Gasteiger partial charge is 0.497 e. The molecule has 0 aliphatic carbocycles. The van der Waals surface area contributed by atoms with Crippen molar-refractivity contribution in [1.82, 2.24) is 5.32 Å². The number of fused-ring (bicyclic) bond motifs is 3. The number of rotatable bonds is 4. The van der Waals surface area contributed by atoms with Crippen molar-refractivity contribution >= 4 is 17.6 Å². The third-order valence-corrected chi connectivity index (χ3v) is 5.66. The molecule has 2 aliphatic rings. The smallest absolute Gasteiger partial charge is 0.328 e. The second kappa shape index (κ2) is 10.1. The first-order chi connectivity index (χ1) is 14.9. The van der Waals surface area contributed by atoms with E-state index in [4.69, 9.17) is 14.9 Å². The third-order valence-electron chi connectivity index (χ3n) is 5.66. The van der Waals surface area contributed by atoms with Crippen LogP contribution < -0.4 is 15.4 Å². The van der Waals surface area contributed by atoms with Crippen molar-refractivity contribution in [1.29, 1.82) is 0 Å². The monoisotopic (exact) mass is 424 g/mol. The van der Waals surface area contributed by atoms with Crippen LogP contribution in [0.3, 0.4) is 0 Å². The maximum atomic E-state index is 9.55. The molecule has 0 amide bonds. The fourth-order valence-corrected chi connectivity index (χ4v) is 4.29. The van der Waals surface area contributed by atoms with Gasteiger partial charge in [0.15, 0.2) is 0 Å². The maximum absolute atomic E-state index is 9.55. The highest BCUT2D eigenvalue weighted by Crippen LogP contribution is 2.46. The van der Waals surface area contributed by atoms with Gasteiger partial charge in [-0.2, -0.15) is 0 Å². The molecule has 0 aromatic heterocycles. The Bertz CT molecular complexity index is 970. The van der Waals surface area contributed by atoms with Crippen molar-refractivity contribution in [2.24, 2.45) is 0 Å². The topological polar surface area (TPSA) is 108 Å². The van der Waals surface area contributed by atoms with E-state index in [9.17, 15) is 9.59 Å². The van der Waals surface area contributed by atoms with Gasteiger partial charge in [0.2, 0.25) is 0 Å². The van der Waals surface area contributed by atoms with Crippen LogP contribution >= 0.6 is 0 Å². The van der Waals surface area contributed by atoms with E-state index >= 15 is 0 Å². The highest BCUT2D eigenvalue weighted by atomic mass is 16.5. The molecule has 31 heavy (non-hydrogen) atoms. The van der Waals surface area contributed by atoms with Gasteiger partial charge < -0.3 is 25.6 Å². The van der Waals surface area contributed by atoms with Gasteiger partial charge in [-0.1, -0.05) is 18.2 Å². The molecule has 4 N–H and O–H groups in total. The lowest BCUT2D eigenvalue weighted by Gasteiger charge is -2.19. The van der Waals surface area contributed by atoms with E-state index in [0.717, 1.165) is 18.8 Å². The first-order valence-corrected chi connectivity index (χ1v) is 10.3. The van der Waals surface area contributed by atoms with Crippen LogP contribution in [0.4, 0.5) is 5.69 Å². The van der Waals surface area contributed by atoms with E-state index in [2.05, 4.69) is 54.0 Å². The Morgan fingerprint density at radius 2 is 1.74 bits per heavy atom. The number of ether oxygens (including phenoxy) is 1. The SMILES string of the molecule is COc1ccc(-c2cccc3c2C2CCNCCC2N3)c(C)c1.O=C(O)/C=C\C(=O)O. The molecule has 0 radical (unpaired) electrons. The number of hydrogen-bond donors (Lipinski definition) is 4. The Kier molecular flexibility index (Phi) is 7.31. The summed E-state index contributed by atoms with van der Waals surface area (Å²) in [5.41, 5.74) is 6.81. The van der Waals surface area contributed by atoms with Gasteiger partial charge in [-0.25, -0.2) is 9.59 Å². The van der Waals surface area contributed by atoms with Gasteiger partial charge in [0.25, 0.3) is 0 Å². The minimum Gasteiger partial charge on any atom is -0.497 e. The van der Waals surface area contributed by atoms with Crippen molar-refractivity contribution in [3.05, 3.63) is 59.7 Å². The average molecular weight is 424 g/mol. The molecule has 2 unspecified atom stereocenters. The van der Waals surface area contributed by atoms with Gasteiger partial charge >= 0.3 is 11.9 Å². The molecule has 4 rings (SSSR count). The summed E-state index contributed by atoms with van der Waals surface area (Å²) in [7, 11) is 1.72. The Balaban J connectivity index is 0.000000293. The summed E-state index contributed by atoms with van der Waals surface area (Å²) < 4.78 is 5.36. The van der Waals surface area contributed by atoms with Gasteiger partial charge in [0.05, 0.1) is 7.11 Å². The molecule has 1 saturated heterocycles. The highest BCUT2D eigenvalue weighted by Gasteiger charge is 2.34. The number of nitrogens with one attached hydrogen (secondary N) is 2. The molecule has 2 atom stereocenters. The first-order valence-electron chi connectivity index (χ1n) is 10.3. The normalized spacial score (nSPS) is 19.3. The predicted octanol–water partition coefficient (Wildman–Crippen LogP) is 3.64. The summed E-state index contributed by atoms with van der Waals surface area (Å²) in [5, 5.41) is 22.9. The van der Waals surface area contributed by atoms with Crippen molar-refractivity contribution < 1.29 is 24.5 Å². The zero-order chi connectivity index (χ0) is 22.4. The number of carbonyl (C=O) groups is 2. The molecular weight excluding hydrogens is 396 g/mol. The lowest BCUT2D eigenvalue weighted by molar-refractivity contribution is -0.134. The molecule has 2 aromatic rings. The molecule has 2 aromatic carbocycles. The van der Waals surface area contributed by atoms with Gasteiger partial charge in [-0.3, -0.25) is 0 Å². The van der Waals surface area contributed by atoms with Crippen LogP contribution in [0.5, 0.6) is 5.75 Å². The van der Waals surface area contributed by atoms with E-state index in [1.165, 1.54) is 40.8 Å². The predicted molar refractivity (Wildman–Crippen MR) is 120 cm³/mol. The fraction of sp³-hybridized carbons (Fsp3) is 0.333. The number of methoxy groups -OCH3 is 1. The van der Waals surface area contributed by atoms with Crippen molar-refractivity contribution in [3.8, 4) is 16.9 Å². The number of benzene rings is 2. The number of aliphatic carboxylic acids is 2. The van der Waals surface area contributed by atoms with Crippen LogP contribution in [-0.4, -0.2) is 48.4 Å². The molecule has 2 heterocycles. The highest BCUT2D eigenvalue weighted by molar-refractivity contribution is 5.89. The zero-order valence-electron chi connectivity index (χ0n) is 17.7. The van der Waals surface area contributed by atoms with E-state index in [-0.39, 0.29) is 0 Å². The quantitative estimate of drug-likeness (QED) is 0.555. The third kappa shape index (κ3) is 5.44. The van der Waals surface area contributed by atoms with Crippen LogP contribution in [0.25, 0.3) is 11.1 Å². The Morgan fingerprint density at radius 1 is 1.03 bits per heavy atom. The minimum atomic E-state index is -1.26. The Hall–Kier alpha value is -3.32. The van der Waals surface area contributed by atoms with Crippen LogP contribution in [0, 0.1) is 6.92 Å². The zero-order valence-corrected chi connectivity index (χ0v) is 17.7. The van der Waals surface area contributed by atoms with Crippen molar-refractivity contribution in [2.75, 3.05) is 25.5 Å². The van der Waals surface area contributed by atoms with Crippen molar-refractivity contribution in [3.63, 3.8) is 0 Å². The Morgan fingerprint density at radius 3 is 2.39 bits per heavy atom. The minimum absolute atomic E-state index is 0.558. The number of carboxylic acids is 2. The number of hydrogen-bond acceptors (Lipinski definition) is 5. The second-order valence-electron chi connectivity index (χ2n) is 7.64. The van der Waals surface area contributed by atoms with E-state index in [0.29, 0.717) is 24.1 Å². The van der Waals surface area contributed by atoms with Crippen molar-refractivity contribution in [2.45, 2.75) is 31.7 Å². The number of anilines is 1. The summed E-state index contributed by atoms with van der Waals surface area (Å²) in [6.45, 7) is 4.39. The van der Waals surface area contributed by atoms with Crippen LogP contribution in [0.2, 0.25) is 0 Å². The van der Waals surface area contributed by atoms with Crippen LogP contribution in [0.15, 0.2) is 48.6 Å². The summed E-state index contributed by atoms with van der Waals surface area (Å²) in [5.74, 6) is -0.981. The summed E-state index contributed by atoms with van der Waals surface area (Å²) in [4.78, 5) is 19.1. The molecule has 0 spiro atoms. The first kappa shape index (κ1) is 22.4. The molecule has 164 valence electrons. The second-order valence-corrected chi connectivity index (χ2v) is 7.64. The molecule has 0 saturated carbocycles. The number of aryl methyl sites for hydroxylation is 1. The fourth-order valence-electron chi connectivity index (χ4n) is 4.29. The lowest BCUT2D eigenvalue weighted by Crippen LogP contribution is -2.21. The lowest BCUT2D eigenvalue weighted by atomic mass is 9.85. The maximum Gasteiger partial charge on any atom is 0.328 e. The van der Waals surface area contributed by atoms with Gasteiger partial charge in [-0.05, 0) is 73.3 Å². The van der Waals surface area contributed by atoms with Crippen LogP contribution in [-0.2, 0) is 9.59 Å². The molecule has 1 fully saturated rings. The van der Waals surface area contributed by atoms with Crippen LogP contribution in [0.1, 0.15) is 29.9 Å². The molecular formula is C24H28N2O5. The van der Waals surface area contributed by atoms with Gasteiger partial charge in [0, 0.05) is 29.8 Å². The molecule has 0 bridgehead atoms. The molecule has 7 heteroatoms. The summed E-state index contributed by atoms with van der Waals surface area (Å²) in [6, 6.07) is 13.6. The molecule has 2 aliphatic heterocycles. The Labute approximate surface area is 181 Å². The summed E-state index contributed by atoms with van der Waals surface area (Å²) in [6.07, 6.45) is 3.52. The van der Waals surface area contributed by atoms with E-state index in [1.54, 1.807) is 7.11 Å². The van der Waals surface area contributed by atoms with Gasteiger partial charge in [0.1, 0.15) is 5.75 Å². The molecule has 7 nitrogen and oxygen atoms in total. The van der Waals surface area contributed by atoms with Gasteiger partial charge in [-0.15, -0.1) is 0 Å². The standard InChI is InChI=1S/C20H24N2O.C4H4O4/c1-13-12-14(23-2)6-7-15(13)16-4-3-5-19-20(16)17-8-10-21-11-9-18(17)22-19;5-3(6)1-2-4(7)8/h3-7,12,17-18,21-22H,8-11H2,1-2H3;1-2H,(H,5,6)(H,7,8)/b;2-1-. The number of carboxylic acid groups (broad SMARTS) is 2. The van der Waals surface area contributed by atoms with E-state index < -0.39 is 11.9 Å².